The molecule has 2 heterocycles. The van der Waals surface area contributed by atoms with Crippen molar-refractivity contribution in [2.24, 2.45) is 11.7 Å². The summed E-state index contributed by atoms with van der Waals surface area (Å²) in [5, 5.41) is 10.6. The molecule has 0 aromatic heterocycles. The SMILES string of the molecule is N[C@@H](CC1CCN(C(=O)N2CCOCC2)CC1)C(=O)N(O)S(=O)(=O)c1cc(F)c(Oc2ccc(Cl)cc2)c(F)c1. The van der Waals surface area contributed by atoms with Gasteiger partial charge in [-0.2, -0.15) is 8.42 Å². The number of amides is 3. The number of carbonyl (C=O) groups is 2. The van der Waals surface area contributed by atoms with E-state index in [1.807, 2.05) is 0 Å². The van der Waals surface area contributed by atoms with Gasteiger partial charge in [-0.15, -0.1) is 4.47 Å². The van der Waals surface area contributed by atoms with Gasteiger partial charge in [-0.05, 0) is 61.6 Å². The number of hydroxylamine groups is 1. The molecule has 15 heteroatoms. The van der Waals surface area contributed by atoms with Crippen LogP contribution in [-0.4, -0.2) is 85.3 Å². The number of hydrogen-bond acceptors (Lipinski definition) is 8. The van der Waals surface area contributed by atoms with Crippen LogP contribution in [0.2, 0.25) is 5.02 Å². The number of likely N-dealkylation sites (tertiary alicyclic amines) is 1. The summed E-state index contributed by atoms with van der Waals surface area (Å²) in [5.74, 6) is -5.06. The third kappa shape index (κ3) is 6.81. The molecule has 11 nitrogen and oxygen atoms in total. The van der Waals surface area contributed by atoms with Gasteiger partial charge in [0, 0.05) is 31.2 Å². The lowest BCUT2D eigenvalue weighted by Gasteiger charge is -2.37. The van der Waals surface area contributed by atoms with Crippen LogP contribution in [0.15, 0.2) is 41.3 Å². The van der Waals surface area contributed by atoms with Crippen molar-refractivity contribution in [3.8, 4) is 11.5 Å². The highest BCUT2D eigenvalue weighted by molar-refractivity contribution is 7.89. The zero-order chi connectivity index (χ0) is 29.0. The lowest BCUT2D eigenvalue weighted by Crippen LogP contribution is -2.51. The van der Waals surface area contributed by atoms with Gasteiger partial charge in [-0.3, -0.25) is 10.0 Å². The van der Waals surface area contributed by atoms with Crippen molar-refractivity contribution in [1.29, 1.82) is 0 Å². The summed E-state index contributed by atoms with van der Waals surface area (Å²) in [6, 6.07) is 4.92. The van der Waals surface area contributed by atoms with Crippen molar-refractivity contribution < 1.29 is 41.5 Å². The Morgan fingerprint density at radius 3 is 2.20 bits per heavy atom. The van der Waals surface area contributed by atoms with Gasteiger partial charge in [0.1, 0.15) is 5.75 Å². The van der Waals surface area contributed by atoms with Crippen molar-refractivity contribution in [1.82, 2.24) is 14.3 Å². The Kier molecular flexibility index (Phi) is 9.46. The predicted octanol–water partition coefficient (Wildman–Crippen LogP) is 3.20. The Morgan fingerprint density at radius 2 is 1.62 bits per heavy atom. The molecule has 218 valence electrons. The summed E-state index contributed by atoms with van der Waals surface area (Å²) in [4.78, 5) is 27.7. The second kappa shape index (κ2) is 12.6. The van der Waals surface area contributed by atoms with E-state index in [0.717, 1.165) is 0 Å². The number of ether oxygens (including phenoxy) is 2. The van der Waals surface area contributed by atoms with E-state index in [1.165, 1.54) is 24.3 Å². The van der Waals surface area contributed by atoms with Gasteiger partial charge in [0.2, 0.25) is 0 Å². The lowest BCUT2D eigenvalue weighted by atomic mass is 9.90. The van der Waals surface area contributed by atoms with Crippen LogP contribution < -0.4 is 10.5 Å². The molecule has 2 aromatic carbocycles. The van der Waals surface area contributed by atoms with Crippen LogP contribution in [-0.2, 0) is 19.6 Å². The number of halogens is 3. The molecule has 2 aliphatic rings. The topological polar surface area (TPSA) is 143 Å². The smallest absolute Gasteiger partial charge is 0.320 e. The summed E-state index contributed by atoms with van der Waals surface area (Å²) >= 11 is 5.77. The number of morpholine rings is 1. The van der Waals surface area contributed by atoms with Crippen LogP contribution in [0.1, 0.15) is 19.3 Å². The van der Waals surface area contributed by atoms with E-state index in [1.54, 1.807) is 9.80 Å². The van der Waals surface area contributed by atoms with Crippen LogP contribution in [0.5, 0.6) is 11.5 Å². The van der Waals surface area contributed by atoms with Crippen molar-refractivity contribution in [3.05, 3.63) is 53.1 Å². The van der Waals surface area contributed by atoms with Gasteiger partial charge in [0.05, 0.1) is 24.2 Å². The first-order chi connectivity index (χ1) is 19.0. The molecule has 3 N–H and O–H groups in total. The summed E-state index contributed by atoms with van der Waals surface area (Å²) in [6.45, 7) is 2.88. The number of piperidine rings is 1. The largest absolute Gasteiger partial charge is 0.451 e. The Labute approximate surface area is 235 Å². The molecule has 0 bridgehead atoms. The maximum atomic E-state index is 14.6. The number of hydrogen-bond donors (Lipinski definition) is 2. The van der Waals surface area contributed by atoms with Crippen LogP contribution >= 0.6 is 11.6 Å². The Bertz CT molecular complexity index is 1310. The molecule has 40 heavy (non-hydrogen) atoms. The lowest BCUT2D eigenvalue weighted by molar-refractivity contribution is -0.148. The fraction of sp³-hybridized carbons (Fsp3) is 0.440. The molecular weight excluding hydrogens is 574 g/mol. The highest BCUT2D eigenvalue weighted by Crippen LogP contribution is 2.32. The number of nitrogens with two attached hydrogens (primary N) is 1. The minimum absolute atomic E-state index is 0.0408. The molecule has 0 aliphatic carbocycles. The maximum absolute atomic E-state index is 14.6. The number of sulfonamides is 1. The first kappa shape index (κ1) is 29.9. The monoisotopic (exact) mass is 602 g/mol. The number of carbonyl (C=O) groups excluding carboxylic acids is 2. The van der Waals surface area contributed by atoms with Gasteiger partial charge >= 0.3 is 6.03 Å². The maximum Gasteiger partial charge on any atom is 0.320 e. The Balaban J connectivity index is 1.36. The van der Waals surface area contributed by atoms with Crippen LogP contribution in [0.3, 0.4) is 0 Å². The van der Waals surface area contributed by atoms with Crippen LogP contribution in [0, 0.1) is 17.6 Å². The van der Waals surface area contributed by atoms with Gasteiger partial charge < -0.3 is 25.0 Å². The molecule has 2 aromatic rings. The summed E-state index contributed by atoms with van der Waals surface area (Å²) in [7, 11) is -5.06. The summed E-state index contributed by atoms with van der Waals surface area (Å²) < 4.78 is 64.7. The molecule has 0 unspecified atom stereocenters. The third-order valence-electron chi connectivity index (χ3n) is 6.79. The minimum Gasteiger partial charge on any atom is -0.451 e. The van der Waals surface area contributed by atoms with E-state index < -0.39 is 48.7 Å². The number of nitrogens with zero attached hydrogens (tertiary/aromatic N) is 3. The molecule has 2 saturated heterocycles. The number of urea groups is 1. The Hall–Kier alpha value is -3.04. The van der Waals surface area contributed by atoms with Crippen molar-refractivity contribution in [2.45, 2.75) is 30.2 Å². The van der Waals surface area contributed by atoms with Gasteiger partial charge in [-0.25, -0.2) is 13.6 Å². The van der Waals surface area contributed by atoms with E-state index in [2.05, 4.69) is 0 Å². The second-order valence-electron chi connectivity index (χ2n) is 9.51. The minimum atomic E-state index is -5.06. The molecule has 2 aliphatic heterocycles. The Morgan fingerprint density at radius 1 is 1.07 bits per heavy atom. The standard InChI is InChI=1S/C25H29ClF2N4O7S/c26-17-1-3-18(4-2-17)39-23-20(27)14-19(15-21(23)28)40(36,37)32(35)24(33)22(29)13-16-5-7-30(8-6-16)25(34)31-9-11-38-12-10-31/h1-4,14-16,22,35H,5-13,29H2/t22-/m0/s1. The van der Waals surface area contributed by atoms with Crippen LogP contribution in [0.25, 0.3) is 0 Å². The van der Waals surface area contributed by atoms with E-state index in [4.69, 9.17) is 26.8 Å². The van der Waals surface area contributed by atoms with Gasteiger partial charge in [0.15, 0.2) is 17.4 Å². The average molecular weight is 603 g/mol. The highest BCUT2D eigenvalue weighted by Gasteiger charge is 2.35. The molecule has 3 amide bonds. The molecule has 0 spiro atoms. The van der Waals surface area contributed by atoms with E-state index in [-0.39, 0.29) is 24.1 Å². The predicted molar refractivity (Wildman–Crippen MR) is 138 cm³/mol. The molecule has 0 saturated carbocycles. The quantitative estimate of drug-likeness (QED) is 0.363. The molecule has 0 radical (unpaired) electrons. The molecule has 4 rings (SSSR count). The molecular formula is C25H29ClF2N4O7S. The zero-order valence-corrected chi connectivity index (χ0v) is 22.9. The van der Waals surface area contributed by atoms with E-state index >= 15 is 0 Å². The normalized spacial score (nSPS) is 17.4. The van der Waals surface area contributed by atoms with Crippen molar-refractivity contribution >= 4 is 33.6 Å². The number of benzene rings is 2. The van der Waals surface area contributed by atoms with Crippen molar-refractivity contribution in [2.75, 3.05) is 39.4 Å². The molecule has 2 fully saturated rings. The fourth-order valence-electron chi connectivity index (χ4n) is 4.54. The first-order valence-electron chi connectivity index (χ1n) is 12.5. The third-order valence-corrected chi connectivity index (χ3v) is 8.51. The van der Waals surface area contributed by atoms with Crippen LogP contribution in [0.4, 0.5) is 13.6 Å². The first-order valence-corrected chi connectivity index (χ1v) is 14.4. The van der Waals surface area contributed by atoms with E-state index in [0.29, 0.717) is 69.4 Å². The van der Waals surface area contributed by atoms with Gasteiger partial charge in [-0.1, -0.05) is 11.6 Å². The second-order valence-corrected chi connectivity index (χ2v) is 11.7. The fourth-order valence-corrected chi connectivity index (χ4v) is 5.74. The highest BCUT2D eigenvalue weighted by atomic mass is 35.5. The summed E-state index contributed by atoms with van der Waals surface area (Å²) in [6.07, 6.45) is 1.10. The summed E-state index contributed by atoms with van der Waals surface area (Å²) in [5.41, 5.74) is 5.92. The number of rotatable bonds is 7. The average Bonchev–Trinajstić information content (AvgIpc) is 2.95. The zero-order valence-electron chi connectivity index (χ0n) is 21.3. The van der Waals surface area contributed by atoms with E-state index in [9.17, 15) is 32.0 Å². The van der Waals surface area contributed by atoms with Crippen molar-refractivity contribution in [3.63, 3.8) is 0 Å². The van der Waals surface area contributed by atoms with Gasteiger partial charge in [0.25, 0.3) is 15.9 Å². The molecule has 1 atom stereocenters.